The van der Waals surface area contributed by atoms with Crippen LogP contribution in [-0.2, 0) is 11.3 Å². The van der Waals surface area contributed by atoms with Crippen LogP contribution < -0.4 is 15.8 Å². The summed E-state index contributed by atoms with van der Waals surface area (Å²) in [6.07, 6.45) is 1.12. The predicted molar refractivity (Wildman–Crippen MR) is 80.0 cm³/mol. The second-order valence-corrected chi connectivity index (χ2v) is 4.69. The van der Waals surface area contributed by atoms with Crippen molar-refractivity contribution in [1.82, 2.24) is 5.32 Å². The number of amides is 1. The van der Waals surface area contributed by atoms with E-state index in [9.17, 15) is 4.79 Å². The largest absolute Gasteiger partial charge is 0.496 e. The Morgan fingerprint density at radius 1 is 1.53 bits per heavy atom. The van der Waals surface area contributed by atoms with Gasteiger partial charge in [0.25, 0.3) is 0 Å². The van der Waals surface area contributed by atoms with Crippen LogP contribution in [0.1, 0.15) is 25.3 Å². The van der Waals surface area contributed by atoms with E-state index in [1.54, 1.807) is 19.2 Å². The molecule has 1 unspecified atom stereocenters. The molecule has 0 spiro atoms. The molecule has 0 saturated heterocycles. The van der Waals surface area contributed by atoms with Crippen molar-refractivity contribution in [1.29, 1.82) is 0 Å². The first-order valence-corrected chi connectivity index (χ1v) is 6.25. The fourth-order valence-corrected chi connectivity index (χ4v) is 1.67. The Bertz CT molecular complexity index is 412. The number of halogens is 2. The monoisotopic (exact) mass is 306 g/mol. The van der Waals surface area contributed by atoms with Crippen LogP contribution in [0.3, 0.4) is 0 Å². The fourth-order valence-electron chi connectivity index (χ4n) is 1.51. The highest BCUT2D eigenvalue weighted by atomic mass is 35.5. The van der Waals surface area contributed by atoms with E-state index in [1.165, 1.54) is 0 Å². The van der Waals surface area contributed by atoms with Gasteiger partial charge in [-0.05, 0) is 25.5 Å². The maximum atomic E-state index is 11.6. The van der Waals surface area contributed by atoms with E-state index in [4.69, 9.17) is 22.1 Å². The molecular formula is C13H20Cl2N2O2. The van der Waals surface area contributed by atoms with Crippen LogP contribution in [0.5, 0.6) is 5.75 Å². The van der Waals surface area contributed by atoms with Crippen LogP contribution in [0.2, 0.25) is 5.02 Å². The van der Waals surface area contributed by atoms with E-state index in [0.717, 1.165) is 5.56 Å². The zero-order chi connectivity index (χ0) is 13.5. The molecular weight excluding hydrogens is 287 g/mol. The lowest BCUT2D eigenvalue weighted by atomic mass is 10.1. The third-order valence-corrected chi connectivity index (χ3v) is 2.79. The average Bonchev–Trinajstić information content (AvgIpc) is 2.34. The number of hydrogen-bond donors (Lipinski definition) is 2. The lowest BCUT2D eigenvalue weighted by Gasteiger charge is -2.10. The standard InChI is InChI=1S/C13H19ClN2O2.ClH/c1-9(15)3-6-13(17)16-8-10-4-5-11(14)7-12(10)18-2;/h4-5,7,9H,3,6,8,15H2,1-2H3,(H,16,17);1H. The Balaban J connectivity index is 0.00000324. The summed E-state index contributed by atoms with van der Waals surface area (Å²) in [5, 5.41) is 3.44. The SMILES string of the molecule is COc1cc(Cl)ccc1CNC(=O)CCC(C)N.Cl. The summed E-state index contributed by atoms with van der Waals surface area (Å²) in [6.45, 7) is 2.31. The second-order valence-electron chi connectivity index (χ2n) is 4.25. The first kappa shape index (κ1) is 18.0. The average molecular weight is 307 g/mol. The fraction of sp³-hybridized carbons (Fsp3) is 0.462. The molecule has 0 radical (unpaired) electrons. The molecule has 0 aliphatic carbocycles. The maximum Gasteiger partial charge on any atom is 0.220 e. The topological polar surface area (TPSA) is 64.3 Å². The molecule has 0 saturated carbocycles. The van der Waals surface area contributed by atoms with Gasteiger partial charge in [0, 0.05) is 29.6 Å². The molecule has 0 fully saturated rings. The van der Waals surface area contributed by atoms with Crippen LogP contribution >= 0.6 is 24.0 Å². The molecule has 1 amide bonds. The smallest absolute Gasteiger partial charge is 0.220 e. The van der Waals surface area contributed by atoms with Gasteiger partial charge in [0.2, 0.25) is 5.91 Å². The highest BCUT2D eigenvalue weighted by molar-refractivity contribution is 6.30. The number of nitrogens with one attached hydrogen (secondary N) is 1. The van der Waals surface area contributed by atoms with Gasteiger partial charge in [0.15, 0.2) is 0 Å². The number of nitrogens with two attached hydrogens (primary N) is 1. The number of benzene rings is 1. The minimum absolute atomic E-state index is 0. The van der Waals surface area contributed by atoms with E-state index in [2.05, 4.69) is 5.32 Å². The Morgan fingerprint density at radius 2 is 2.21 bits per heavy atom. The van der Waals surface area contributed by atoms with Crippen molar-refractivity contribution in [2.75, 3.05) is 7.11 Å². The third kappa shape index (κ3) is 6.66. The molecule has 0 aliphatic heterocycles. The van der Waals surface area contributed by atoms with Crippen molar-refractivity contribution >= 4 is 29.9 Å². The van der Waals surface area contributed by atoms with Gasteiger partial charge in [-0.2, -0.15) is 0 Å². The van der Waals surface area contributed by atoms with Crippen molar-refractivity contribution in [2.45, 2.75) is 32.4 Å². The third-order valence-electron chi connectivity index (χ3n) is 2.55. The van der Waals surface area contributed by atoms with Crippen LogP contribution in [0, 0.1) is 0 Å². The van der Waals surface area contributed by atoms with Crippen molar-refractivity contribution in [3.63, 3.8) is 0 Å². The van der Waals surface area contributed by atoms with E-state index in [-0.39, 0.29) is 24.4 Å². The molecule has 1 aromatic carbocycles. The first-order valence-electron chi connectivity index (χ1n) is 5.87. The normalized spacial score (nSPS) is 11.4. The Kier molecular flexibility index (Phi) is 8.56. The van der Waals surface area contributed by atoms with Crippen LogP contribution in [0.15, 0.2) is 18.2 Å². The highest BCUT2D eigenvalue weighted by Crippen LogP contribution is 2.22. The lowest BCUT2D eigenvalue weighted by Crippen LogP contribution is -2.25. The molecule has 1 atom stereocenters. The van der Waals surface area contributed by atoms with Crippen molar-refractivity contribution < 1.29 is 9.53 Å². The molecule has 0 bridgehead atoms. The van der Waals surface area contributed by atoms with E-state index < -0.39 is 0 Å². The van der Waals surface area contributed by atoms with E-state index in [1.807, 2.05) is 13.0 Å². The van der Waals surface area contributed by atoms with Crippen LogP contribution in [0.4, 0.5) is 0 Å². The minimum atomic E-state index is -0.00990. The van der Waals surface area contributed by atoms with Gasteiger partial charge in [-0.3, -0.25) is 4.79 Å². The van der Waals surface area contributed by atoms with Gasteiger partial charge in [0.1, 0.15) is 5.75 Å². The molecule has 108 valence electrons. The first-order chi connectivity index (χ1) is 8.52. The number of hydrogen-bond acceptors (Lipinski definition) is 3. The molecule has 0 heterocycles. The second kappa shape index (κ2) is 9.02. The number of rotatable bonds is 6. The van der Waals surface area contributed by atoms with Gasteiger partial charge in [0.05, 0.1) is 7.11 Å². The maximum absolute atomic E-state index is 11.6. The quantitative estimate of drug-likeness (QED) is 0.849. The van der Waals surface area contributed by atoms with Gasteiger partial charge in [-0.1, -0.05) is 17.7 Å². The van der Waals surface area contributed by atoms with Crippen molar-refractivity contribution in [3.05, 3.63) is 28.8 Å². The van der Waals surface area contributed by atoms with E-state index in [0.29, 0.717) is 30.2 Å². The van der Waals surface area contributed by atoms with E-state index >= 15 is 0 Å². The zero-order valence-electron chi connectivity index (χ0n) is 11.1. The summed E-state index contributed by atoms with van der Waals surface area (Å²) in [5.41, 5.74) is 6.49. The molecule has 0 aliphatic rings. The zero-order valence-corrected chi connectivity index (χ0v) is 12.7. The Morgan fingerprint density at radius 3 is 2.79 bits per heavy atom. The summed E-state index contributed by atoms with van der Waals surface area (Å²) in [4.78, 5) is 11.6. The predicted octanol–water partition coefficient (Wildman–Crippen LogP) is 2.51. The number of ether oxygens (including phenoxy) is 1. The number of carbonyl (C=O) groups excluding carboxylic acids is 1. The Labute approximate surface area is 125 Å². The van der Waals surface area contributed by atoms with Gasteiger partial charge in [-0.25, -0.2) is 0 Å². The summed E-state index contributed by atoms with van der Waals surface area (Å²) in [6, 6.07) is 5.38. The molecule has 4 nitrogen and oxygen atoms in total. The summed E-state index contributed by atoms with van der Waals surface area (Å²) in [7, 11) is 1.58. The Hall–Kier alpha value is -0.970. The molecule has 1 aromatic rings. The summed E-state index contributed by atoms with van der Waals surface area (Å²) in [5.74, 6) is 0.666. The number of carbonyl (C=O) groups is 1. The summed E-state index contributed by atoms with van der Waals surface area (Å²) >= 11 is 5.86. The number of methoxy groups -OCH3 is 1. The highest BCUT2D eigenvalue weighted by Gasteiger charge is 2.07. The van der Waals surface area contributed by atoms with Gasteiger partial charge in [-0.15, -0.1) is 12.4 Å². The lowest BCUT2D eigenvalue weighted by molar-refractivity contribution is -0.121. The molecule has 3 N–H and O–H groups in total. The van der Waals surface area contributed by atoms with Gasteiger partial charge >= 0.3 is 0 Å². The van der Waals surface area contributed by atoms with Crippen molar-refractivity contribution in [3.8, 4) is 5.75 Å². The van der Waals surface area contributed by atoms with Crippen molar-refractivity contribution in [2.24, 2.45) is 5.73 Å². The van der Waals surface area contributed by atoms with Crippen LogP contribution in [-0.4, -0.2) is 19.1 Å². The molecule has 6 heteroatoms. The van der Waals surface area contributed by atoms with Gasteiger partial charge < -0.3 is 15.8 Å². The summed E-state index contributed by atoms with van der Waals surface area (Å²) < 4.78 is 5.20. The van der Waals surface area contributed by atoms with Crippen LogP contribution in [0.25, 0.3) is 0 Å². The molecule has 19 heavy (non-hydrogen) atoms. The minimum Gasteiger partial charge on any atom is -0.496 e. The molecule has 0 aromatic heterocycles. The molecule has 1 rings (SSSR count).